The molecule has 1 aromatic carbocycles. The van der Waals surface area contributed by atoms with Crippen LogP contribution in [0.25, 0.3) is 0 Å². The second-order valence-corrected chi connectivity index (χ2v) is 3.93. The van der Waals surface area contributed by atoms with E-state index in [0.29, 0.717) is 6.04 Å². The third-order valence-electron chi connectivity index (χ3n) is 2.81. The van der Waals surface area contributed by atoms with Gasteiger partial charge in [-0.25, -0.2) is 0 Å². The van der Waals surface area contributed by atoms with Crippen molar-refractivity contribution in [3.05, 3.63) is 29.8 Å². The second kappa shape index (κ2) is 5.76. The Morgan fingerprint density at radius 2 is 2.07 bits per heavy atom. The Bertz CT molecular complexity index is 298. The van der Waals surface area contributed by atoms with Crippen LogP contribution in [0, 0.1) is 0 Å². The first kappa shape index (κ1) is 12.1. The van der Waals surface area contributed by atoms with Crippen LogP contribution in [-0.4, -0.2) is 19.3 Å². The molecule has 84 valence electrons. The zero-order chi connectivity index (χ0) is 11.3. The van der Waals surface area contributed by atoms with Gasteiger partial charge in [0.15, 0.2) is 0 Å². The molecule has 1 aromatic rings. The van der Waals surface area contributed by atoms with E-state index in [2.05, 4.69) is 50.4 Å². The van der Waals surface area contributed by atoms with Crippen molar-refractivity contribution in [1.29, 1.82) is 0 Å². The van der Waals surface area contributed by atoms with Crippen molar-refractivity contribution in [2.24, 2.45) is 0 Å². The Morgan fingerprint density at radius 1 is 1.33 bits per heavy atom. The van der Waals surface area contributed by atoms with Crippen LogP contribution >= 0.6 is 0 Å². The van der Waals surface area contributed by atoms with Crippen molar-refractivity contribution in [2.45, 2.75) is 39.3 Å². The Labute approximate surface area is 92.6 Å². The average Bonchev–Trinajstić information content (AvgIpc) is 2.28. The Hall–Kier alpha value is -1.02. The summed E-state index contributed by atoms with van der Waals surface area (Å²) < 4.78 is 5.28. The zero-order valence-electron chi connectivity index (χ0n) is 10.1. The maximum absolute atomic E-state index is 5.28. The van der Waals surface area contributed by atoms with Gasteiger partial charge in [-0.1, -0.05) is 19.1 Å². The summed E-state index contributed by atoms with van der Waals surface area (Å²) in [6.07, 6.45) is 1.29. The zero-order valence-corrected chi connectivity index (χ0v) is 10.1. The van der Waals surface area contributed by atoms with Crippen LogP contribution in [0.5, 0.6) is 0 Å². The van der Waals surface area contributed by atoms with Crippen molar-refractivity contribution >= 4 is 5.69 Å². The summed E-state index contributed by atoms with van der Waals surface area (Å²) >= 11 is 0. The summed E-state index contributed by atoms with van der Waals surface area (Å²) in [7, 11) is 1.74. The lowest BCUT2D eigenvalue weighted by molar-refractivity contribution is 0.106. The molecule has 2 atom stereocenters. The molecule has 0 bridgehead atoms. The molecule has 2 unspecified atom stereocenters. The highest BCUT2D eigenvalue weighted by Crippen LogP contribution is 2.13. The first-order valence-electron chi connectivity index (χ1n) is 5.55. The maximum Gasteiger partial charge on any atom is 0.0741 e. The van der Waals surface area contributed by atoms with Crippen LogP contribution in [0.1, 0.15) is 26.3 Å². The van der Waals surface area contributed by atoms with Gasteiger partial charge in [-0.3, -0.25) is 0 Å². The standard InChI is InChI=1S/C13H21NO/c1-5-12-7-6-8-13(9-12)14-10(2)11(3)15-4/h6-11,14H,5H2,1-4H3. The van der Waals surface area contributed by atoms with Crippen LogP contribution in [0.4, 0.5) is 5.69 Å². The first-order chi connectivity index (χ1) is 7.17. The molecule has 1 rings (SSSR count). The van der Waals surface area contributed by atoms with E-state index in [0.717, 1.165) is 6.42 Å². The molecule has 0 aromatic heterocycles. The van der Waals surface area contributed by atoms with E-state index >= 15 is 0 Å². The Kier molecular flexibility index (Phi) is 4.63. The molecule has 15 heavy (non-hydrogen) atoms. The smallest absolute Gasteiger partial charge is 0.0741 e. The number of aryl methyl sites for hydroxylation is 1. The van der Waals surface area contributed by atoms with Crippen molar-refractivity contribution in [3.8, 4) is 0 Å². The number of hydrogen-bond acceptors (Lipinski definition) is 2. The van der Waals surface area contributed by atoms with Crippen LogP contribution in [0.15, 0.2) is 24.3 Å². The van der Waals surface area contributed by atoms with Gasteiger partial charge in [-0.05, 0) is 38.0 Å². The molecule has 2 nitrogen and oxygen atoms in total. The lowest BCUT2D eigenvalue weighted by atomic mass is 10.1. The molecular formula is C13H21NO. The Balaban J connectivity index is 2.63. The molecule has 1 N–H and O–H groups in total. The molecule has 0 radical (unpaired) electrons. The van der Waals surface area contributed by atoms with Gasteiger partial charge in [-0.15, -0.1) is 0 Å². The Morgan fingerprint density at radius 3 is 2.67 bits per heavy atom. The fourth-order valence-corrected chi connectivity index (χ4v) is 1.47. The molecule has 0 aliphatic carbocycles. The minimum atomic E-state index is 0.218. The molecule has 2 heteroatoms. The molecule has 0 amide bonds. The van der Waals surface area contributed by atoms with Crippen molar-refractivity contribution in [3.63, 3.8) is 0 Å². The SMILES string of the molecule is CCc1cccc(NC(C)C(C)OC)c1. The van der Waals surface area contributed by atoms with E-state index in [1.54, 1.807) is 7.11 Å². The number of rotatable bonds is 5. The fraction of sp³-hybridized carbons (Fsp3) is 0.538. The second-order valence-electron chi connectivity index (χ2n) is 3.93. The number of methoxy groups -OCH3 is 1. The summed E-state index contributed by atoms with van der Waals surface area (Å²) in [6.45, 7) is 6.37. The van der Waals surface area contributed by atoms with Gasteiger partial charge in [0.05, 0.1) is 6.10 Å². The number of nitrogens with one attached hydrogen (secondary N) is 1. The van der Waals surface area contributed by atoms with Gasteiger partial charge in [0.2, 0.25) is 0 Å². The highest BCUT2D eigenvalue weighted by molar-refractivity contribution is 5.46. The molecule has 0 aliphatic heterocycles. The fourth-order valence-electron chi connectivity index (χ4n) is 1.47. The summed E-state index contributed by atoms with van der Waals surface area (Å²) in [5.41, 5.74) is 2.53. The third-order valence-corrected chi connectivity index (χ3v) is 2.81. The topological polar surface area (TPSA) is 21.3 Å². The third kappa shape index (κ3) is 3.56. The quantitative estimate of drug-likeness (QED) is 0.801. The van der Waals surface area contributed by atoms with Gasteiger partial charge >= 0.3 is 0 Å². The van der Waals surface area contributed by atoms with Crippen LogP contribution in [-0.2, 0) is 11.2 Å². The minimum Gasteiger partial charge on any atom is -0.380 e. The largest absolute Gasteiger partial charge is 0.380 e. The van der Waals surface area contributed by atoms with Gasteiger partial charge in [0, 0.05) is 18.8 Å². The molecule has 0 heterocycles. The van der Waals surface area contributed by atoms with E-state index in [1.807, 2.05) is 0 Å². The van der Waals surface area contributed by atoms with Crippen molar-refractivity contribution in [1.82, 2.24) is 0 Å². The molecule has 0 spiro atoms. The van der Waals surface area contributed by atoms with Gasteiger partial charge in [0.25, 0.3) is 0 Å². The normalized spacial score (nSPS) is 14.7. The number of ether oxygens (including phenoxy) is 1. The van der Waals surface area contributed by atoms with Crippen LogP contribution < -0.4 is 5.32 Å². The predicted octanol–water partition coefficient (Wildman–Crippen LogP) is 3.08. The molecule has 0 aliphatic rings. The molecular weight excluding hydrogens is 186 g/mol. The lowest BCUT2D eigenvalue weighted by Crippen LogP contribution is -2.29. The predicted molar refractivity (Wildman–Crippen MR) is 65.4 cm³/mol. The first-order valence-corrected chi connectivity index (χ1v) is 5.55. The number of benzene rings is 1. The molecule has 0 saturated carbocycles. The van der Waals surface area contributed by atoms with Gasteiger partial charge < -0.3 is 10.1 Å². The van der Waals surface area contributed by atoms with E-state index < -0.39 is 0 Å². The molecule has 0 saturated heterocycles. The van der Waals surface area contributed by atoms with Crippen molar-refractivity contribution in [2.75, 3.05) is 12.4 Å². The van der Waals surface area contributed by atoms with Crippen LogP contribution in [0.3, 0.4) is 0 Å². The van der Waals surface area contributed by atoms with E-state index in [1.165, 1.54) is 11.3 Å². The summed E-state index contributed by atoms with van der Waals surface area (Å²) in [6, 6.07) is 8.85. The maximum atomic E-state index is 5.28. The van der Waals surface area contributed by atoms with E-state index in [9.17, 15) is 0 Å². The lowest BCUT2D eigenvalue weighted by Gasteiger charge is -2.21. The highest BCUT2D eigenvalue weighted by atomic mass is 16.5. The number of hydrogen-bond donors (Lipinski definition) is 1. The monoisotopic (exact) mass is 207 g/mol. The number of anilines is 1. The van der Waals surface area contributed by atoms with Gasteiger partial charge in [0.1, 0.15) is 0 Å². The average molecular weight is 207 g/mol. The van der Waals surface area contributed by atoms with E-state index in [4.69, 9.17) is 4.74 Å². The summed E-state index contributed by atoms with van der Waals surface area (Å²) in [4.78, 5) is 0. The van der Waals surface area contributed by atoms with Gasteiger partial charge in [-0.2, -0.15) is 0 Å². The summed E-state index contributed by atoms with van der Waals surface area (Å²) in [5.74, 6) is 0. The van der Waals surface area contributed by atoms with Crippen molar-refractivity contribution < 1.29 is 4.74 Å². The van der Waals surface area contributed by atoms with Crippen LogP contribution in [0.2, 0.25) is 0 Å². The van der Waals surface area contributed by atoms with E-state index in [-0.39, 0.29) is 6.10 Å². The summed E-state index contributed by atoms with van der Waals surface area (Å²) in [5, 5.41) is 3.44. The molecule has 0 fully saturated rings. The highest BCUT2D eigenvalue weighted by Gasteiger charge is 2.10. The minimum absolute atomic E-state index is 0.218.